The Morgan fingerprint density at radius 3 is 1.88 bits per heavy atom. The van der Waals surface area contributed by atoms with Crippen LogP contribution in [0.3, 0.4) is 0 Å². The molecular weight excluding hydrogens is 210 g/mol. The molecule has 1 atom stereocenters. The molecule has 0 aromatic carbocycles. The monoisotopic (exact) mass is 243 g/mol. The highest BCUT2D eigenvalue weighted by atomic mass is 15.2. The zero-order chi connectivity index (χ0) is 13.3. The third kappa shape index (κ3) is 5.36. The van der Waals surface area contributed by atoms with Gasteiger partial charge in [0.25, 0.3) is 0 Å². The maximum absolute atomic E-state index is 5.95. The quantitative estimate of drug-likeness (QED) is 0.618. The van der Waals surface area contributed by atoms with Crippen LogP contribution >= 0.6 is 0 Å². The lowest BCUT2D eigenvalue weighted by atomic mass is 9.91. The van der Waals surface area contributed by atoms with Crippen molar-refractivity contribution in [3.8, 4) is 0 Å². The predicted octanol–water partition coefficient (Wildman–Crippen LogP) is 2.21. The predicted molar refractivity (Wildman–Crippen MR) is 77.4 cm³/mol. The van der Waals surface area contributed by atoms with E-state index in [2.05, 4.69) is 44.8 Å². The van der Waals surface area contributed by atoms with E-state index in [-0.39, 0.29) is 5.54 Å². The van der Waals surface area contributed by atoms with E-state index in [1.165, 1.54) is 0 Å². The van der Waals surface area contributed by atoms with E-state index in [1.807, 2.05) is 0 Å². The van der Waals surface area contributed by atoms with Crippen molar-refractivity contribution in [3.05, 3.63) is 0 Å². The maximum atomic E-state index is 5.95. The normalized spacial score (nSPS) is 14.3. The van der Waals surface area contributed by atoms with Gasteiger partial charge in [-0.15, -0.1) is 0 Å². The molecule has 0 aliphatic heterocycles. The van der Waals surface area contributed by atoms with Crippen molar-refractivity contribution in [2.75, 3.05) is 26.2 Å². The molecule has 1 unspecified atom stereocenters. The highest BCUT2D eigenvalue weighted by Crippen LogP contribution is 2.15. The van der Waals surface area contributed by atoms with E-state index in [4.69, 9.17) is 5.73 Å². The summed E-state index contributed by atoms with van der Waals surface area (Å²) in [5, 5.41) is 3.80. The van der Waals surface area contributed by atoms with Gasteiger partial charge in [0.15, 0.2) is 0 Å². The molecule has 104 valence electrons. The molecule has 0 aliphatic rings. The van der Waals surface area contributed by atoms with E-state index in [0.717, 1.165) is 45.4 Å². The summed E-state index contributed by atoms with van der Waals surface area (Å²) in [5.41, 5.74) is 6.08. The Balaban J connectivity index is 4.45. The van der Waals surface area contributed by atoms with Gasteiger partial charge in [-0.1, -0.05) is 34.6 Å². The number of hydrogen-bond donors (Lipinski definition) is 2. The van der Waals surface area contributed by atoms with E-state index in [9.17, 15) is 0 Å². The first-order valence-corrected chi connectivity index (χ1v) is 7.31. The Kier molecular flexibility index (Phi) is 8.83. The zero-order valence-corrected chi connectivity index (χ0v) is 12.6. The lowest BCUT2D eigenvalue weighted by Crippen LogP contribution is -2.56. The van der Waals surface area contributed by atoms with Gasteiger partial charge in [-0.3, -0.25) is 0 Å². The van der Waals surface area contributed by atoms with Crippen LogP contribution in [0.25, 0.3) is 0 Å². The Bertz CT molecular complexity index is 166. The summed E-state index contributed by atoms with van der Waals surface area (Å²) in [7, 11) is 0. The highest BCUT2D eigenvalue weighted by Gasteiger charge is 2.27. The SMILES string of the molecule is CCC(CN(CC)CC)NC(CC)(CC)CN. The van der Waals surface area contributed by atoms with Crippen molar-refractivity contribution in [1.82, 2.24) is 10.2 Å². The third-order valence-corrected chi connectivity index (χ3v) is 4.12. The second-order valence-corrected chi connectivity index (χ2v) is 4.93. The van der Waals surface area contributed by atoms with Crippen LogP contribution in [0.5, 0.6) is 0 Å². The topological polar surface area (TPSA) is 41.3 Å². The molecule has 0 amide bonds. The Hall–Kier alpha value is -0.120. The van der Waals surface area contributed by atoms with Gasteiger partial charge in [0.1, 0.15) is 0 Å². The molecule has 0 rings (SSSR count). The lowest BCUT2D eigenvalue weighted by molar-refractivity contribution is 0.207. The van der Waals surface area contributed by atoms with Crippen molar-refractivity contribution in [1.29, 1.82) is 0 Å². The molecule has 0 saturated carbocycles. The van der Waals surface area contributed by atoms with Crippen molar-refractivity contribution in [2.24, 2.45) is 5.73 Å². The smallest absolute Gasteiger partial charge is 0.0301 e. The fourth-order valence-corrected chi connectivity index (χ4v) is 2.31. The molecule has 0 saturated heterocycles. The highest BCUT2D eigenvalue weighted by molar-refractivity contribution is 4.90. The maximum Gasteiger partial charge on any atom is 0.0301 e. The van der Waals surface area contributed by atoms with Crippen LogP contribution in [-0.4, -0.2) is 42.7 Å². The van der Waals surface area contributed by atoms with Crippen LogP contribution in [0.15, 0.2) is 0 Å². The van der Waals surface area contributed by atoms with Crippen LogP contribution in [-0.2, 0) is 0 Å². The van der Waals surface area contributed by atoms with Crippen LogP contribution in [0.2, 0.25) is 0 Å². The average Bonchev–Trinajstić information content (AvgIpc) is 2.40. The van der Waals surface area contributed by atoms with Crippen molar-refractivity contribution >= 4 is 0 Å². The molecular formula is C14H33N3. The average molecular weight is 243 g/mol. The standard InChI is InChI=1S/C14H33N3/c1-6-13(11-17(9-4)10-5)16-14(7-2,8-3)12-15/h13,16H,6-12,15H2,1-5H3. The number of rotatable bonds is 10. The van der Waals surface area contributed by atoms with Gasteiger partial charge >= 0.3 is 0 Å². The molecule has 3 heteroatoms. The van der Waals surface area contributed by atoms with Gasteiger partial charge in [-0.2, -0.15) is 0 Å². The Labute approximate surface area is 108 Å². The van der Waals surface area contributed by atoms with Gasteiger partial charge in [0.2, 0.25) is 0 Å². The summed E-state index contributed by atoms with van der Waals surface area (Å²) in [6, 6.07) is 0.554. The molecule has 3 nitrogen and oxygen atoms in total. The minimum Gasteiger partial charge on any atom is -0.329 e. The summed E-state index contributed by atoms with van der Waals surface area (Å²) < 4.78 is 0. The number of nitrogens with one attached hydrogen (secondary N) is 1. The van der Waals surface area contributed by atoms with Crippen molar-refractivity contribution < 1.29 is 0 Å². The number of hydrogen-bond acceptors (Lipinski definition) is 3. The van der Waals surface area contributed by atoms with Crippen LogP contribution in [0.4, 0.5) is 0 Å². The largest absolute Gasteiger partial charge is 0.329 e. The second-order valence-electron chi connectivity index (χ2n) is 4.93. The summed E-state index contributed by atoms with van der Waals surface area (Å²) in [4.78, 5) is 2.48. The van der Waals surface area contributed by atoms with Gasteiger partial charge in [0, 0.05) is 24.7 Å². The number of likely N-dealkylation sites (N-methyl/N-ethyl adjacent to an activating group) is 1. The van der Waals surface area contributed by atoms with E-state index < -0.39 is 0 Å². The molecule has 0 radical (unpaired) electrons. The van der Waals surface area contributed by atoms with Gasteiger partial charge in [0.05, 0.1) is 0 Å². The minimum atomic E-state index is 0.133. The Morgan fingerprint density at radius 1 is 1.06 bits per heavy atom. The summed E-state index contributed by atoms with van der Waals surface area (Å²) >= 11 is 0. The van der Waals surface area contributed by atoms with Crippen molar-refractivity contribution in [3.63, 3.8) is 0 Å². The molecule has 0 spiro atoms. The Morgan fingerprint density at radius 2 is 1.59 bits per heavy atom. The fraction of sp³-hybridized carbons (Fsp3) is 1.00. The van der Waals surface area contributed by atoms with Gasteiger partial charge in [-0.25, -0.2) is 0 Å². The lowest BCUT2D eigenvalue weighted by Gasteiger charge is -2.37. The first-order valence-electron chi connectivity index (χ1n) is 7.31. The second kappa shape index (κ2) is 8.90. The molecule has 0 bridgehead atoms. The minimum absolute atomic E-state index is 0.133. The molecule has 0 fully saturated rings. The first-order chi connectivity index (χ1) is 8.11. The summed E-state index contributed by atoms with van der Waals surface area (Å²) in [6.45, 7) is 15.3. The summed E-state index contributed by atoms with van der Waals surface area (Å²) in [6.07, 6.45) is 3.38. The first kappa shape index (κ1) is 16.9. The molecule has 0 aliphatic carbocycles. The van der Waals surface area contributed by atoms with Crippen LogP contribution in [0, 0.1) is 0 Å². The molecule has 3 N–H and O–H groups in total. The molecule has 17 heavy (non-hydrogen) atoms. The van der Waals surface area contributed by atoms with Crippen LogP contribution in [0.1, 0.15) is 53.9 Å². The van der Waals surface area contributed by atoms with Gasteiger partial charge in [-0.05, 0) is 32.4 Å². The zero-order valence-electron chi connectivity index (χ0n) is 12.6. The fourth-order valence-electron chi connectivity index (χ4n) is 2.31. The van der Waals surface area contributed by atoms with Gasteiger partial charge < -0.3 is 16.0 Å². The molecule has 0 heterocycles. The van der Waals surface area contributed by atoms with Crippen LogP contribution < -0.4 is 11.1 Å². The molecule has 0 aromatic heterocycles. The molecule has 0 aromatic rings. The van der Waals surface area contributed by atoms with E-state index >= 15 is 0 Å². The third-order valence-electron chi connectivity index (χ3n) is 4.12. The van der Waals surface area contributed by atoms with E-state index in [1.54, 1.807) is 0 Å². The number of nitrogens with zero attached hydrogens (tertiary/aromatic N) is 1. The summed E-state index contributed by atoms with van der Waals surface area (Å²) in [5.74, 6) is 0. The van der Waals surface area contributed by atoms with Crippen molar-refractivity contribution in [2.45, 2.75) is 65.5 Å². The number of nitrogens with two attached hydrogens (primary N) is 1. The van der Waals surface area contributed by atoms with E-state index in [0.29, 0.717) is 6.04 Å².